The van der Waals surface area contributed by atoms with E-state index in [2.05, 4.69) is 5.32 Å². The minimum absolute atomic E-state index is 0.0152. The number of furan rings is 1. The van der Waals surface area contributed by atoms with E-state index in [0.717, 1.165) is 0 Å². The van der Waals surface area contributed by atoms with Crippen molar-refractivity contribution in [2.45, 2.75) is 13.5 Å². The summed E-state index contributed by atoms with van der Waals surface area (Å²) in [5, 5.41) is 2.50. The molecule has 6 nitrogen and oxygen atoms in total. The molecule has 0 aliphatic rings. The second-order valence-corrected chi connectivity index (χ2v) is 7.95. The molecule has 1 N–H and O–H groups in total. The SMILES string of the molecule is CNC(=O)c1c(-c2ccc(F)cc2)oc2cc(COC)c(-c3cc(C=O)c(OC)cc3C)c(F)c12. The summed E-state index contributed by atoms with van der Waals surface area (Å²) < 4.78 is 46.5. The monoisotopic (exact) mass is 479 g/mol. The molecular weight excluding hydrogens is 456 g/mol. The van der Waals surface area contributed by atoms with E-state index in [1.54, 1.807) is 25.1 Å². The van der Waals surface area contributed by atoms with Crippen LogP contribution < -0.4 is 10.1 Å². The quantitative estimate of drug-likeness (QED) is 0.345. The van der Waals surface area contributed by atoms with E-state index in [0.29, 0.717) is 34.3 Å². The Morgan fingerprint density at radius 1 is 1.11 bits per heavy atom. The first-order valence-electron chi connectivity index (χ1n) is 10.7. The maximum absolute atomic E-state index is 16.4. The summed E-state index contributed by atoms with van der Waals surface area (Å²) in [6.45, 7) is 1.82. The van der Waals surface area contributed by atoms with Gasteiger partial charge in [0.15, 0.2) is 6.29 Å². The minimum Gasteiger partial charge on any atom is -0.496 e. The number of fused-ring (bicyclic) bond motifs is 1. The van der Waals surface area contributed by atoms with Gasteiger partial charge in [-0.2, -0.15) is 0 Å². The third kappa shape index (κ3) is 4.17. The molecule has 0 bridgehead atoms. The molecule has 1 amide bonds. The highest BCUT2D eigenvalue weighted by Gasteiger charge is 2.28. The summed E-state index contributed by atoms with van der Waals surface area (Å²) in [6.07, 6.45) is 0.634. The van der Waals surface area contributed by atoms with Crippen molar-refractivity contribution in [3.8, 4) is 28.2 Å². The number of hydrogen-bond donors (Lipinski definition) is 1. The lowest BCUT2D eigenvalue weighted by Gasteiger charge is -2.16. The standard InChI is InChI=1S/C27H23F2NO5/c1-14-9-20(34-4)16(12-31)10-19(14)22-17(13-33-3)11-21-23(25(22)29)24(27(32)30-2)26(35-21)15-5-7-18(28)8-6-15/h5-12H,13H2,1-4H3,(H,30,32). The Balaban J connectivity index is 2.11. The largest absolute Gasteiger partial charge is 0.496 e. The third-order valence-corrected chi connectivity index (χ3v) is 5.83. The maximum Gasteiger partial charge on any atom is 0.255 e. The molecule has 0 atom stereocenters. The van der Waals surface area contributed by atoms with Crippen LogP contribution in [-0.2, 0) is 11.3 Å². The average molecular weight is 479 g/mol. The van der Waals surface area contributed by atoms with Gasteiger partial charge >= 0.3 is 0 Å². The van der Waals surface area contributed by atoms with E-state index < -0.39 is 17.5 Å². The van der Waals surface area contributed by atoms with E-state index in [1.807, 2.05) is 0 Å². The molecule has 4 aromatic rings. The molecule has 8 heteroatoms. The molecule has 0 spiro atoms. The summed E-state index contributed by atoms with van der Waals surface area (Å²) >= 11 is 0. The maximum atomic E-state index is 16.4. The van der Waals surface area contributed by atoms with E-state index in [4.69, 9.17) is 13.9 Å². The Labute approximate surface area is 200 Å². The third-order valence-electron chi connectivity index (χ3n) is 5.83. The van der Waals surface area contributed by atoms with Crippen LogP contribution in [0.5, 0.6) is 5.75 Å². The number of carbonyl (C=O) groups excluding carboxylic acids is 2. The van der Waals surface area contributed by atoms with Crippen molar-refractivity contribution >= 4 is 23.2 Å². The Morgan fingerprint density at radius 2 is 1.83 bits per heavy atom. The minimum atomic E-state index is -0.699. The topological polar surface area (TPSA) is 77.8 Å². The van der Waals surface area contributed by atoms with Crippen molar-refractivity contribution in [1.29, 1.82) is 0 Å². The molecule has 0 radical (unpaired) electrons. The zero-order valence-corrected chi connectivity index (χ0v) is 19.6. The van der Waals surface area contributed by atoms with Gasteiger partial charge in [0.2, 0.25) is 0 Å². The lowest BCUT2D eigenvalue weighted by Crippen LogP contribution is -2.18. The summed E-state index contributed by atoms with van der Waals surface area (Å²) in [7, 11) is 4.35. The molecule has 35 heavy (non-hydrogen) atoms. The number of nitrogens with one attached hydrogen (secondary N) is 1. The highest BCUT2D eigenvalue weighted by atomic mass is 19.1. The zero-order chi connectivity index (χ0) is 25.3. The van der Waals surface area contributed by atoms with Crippen molar-refractivity contribution in [2.75, 3.05) is 21.3 Å². The lowest BCUT2D eigenvalue weighted by atomic mass is 9.91. The van der Waals surface area contributed by atoms with Gasteiger partial charge in [0, 0.05) is 25.3 Å². The fourth-order valence-corrected chi connectivity index (χ4v) is 4.21. The van der Waals surface area contributed by atoms with Crippen molar-refractivity contribution in [3.63, 3.8) is 0 Å². The van der Waals surface area contributed by atoms with Crippen LogP contribution in [0, 0.1) is 18.6 Å². The molecule has 3 aromatic carbocycles. The number of aryl methyl sites for hydroxylation is 1. The normalized spacial score (nSPS) is 11.0. The van der Waals surface area contributed by atoms with E-state index in [9.17, 15) is 14.0 Å². The first-order chi connectivity index (χ1) is 16.8. The number of rotatable bonds is 7. The number of methoxy groups -OCH3 is 2. The average Bonchev–Trinajstić information content (AvgIpc) is 3.24. The van der Waals surface area contributed by atoms with Gasteiger partial charge in [0.25, 0.3) is 5.91 Å². The van der Waals surface area contributed by atoms with Crippen molar-refractivity contribution in [2.24, 2.45) is 0 Å². The van der Waals surface area contributed by atoms with Gasteiger partial charge < -0.3 is 19.2 Å². The molecule has 1 heterocycles. The highest BCUT2D eigenvalue weighted by molar-refractivity contribution is 6.12. The van der Waals surface area contributed by atoms with Crippen LogP contribution in [-0.4, -0.2) is 33.5 Å². The molecule has 0 unspecified atom stereocenters. The number of amides is 1. The molecular formula is C27H23F2NO5. The van der Waals surface area contributed by atoms with E-state index >= 15 is 4.39 Å². The predicted octanol–water partition coefficient (Wildman–Crippen LogP) is 5.68. The van der Waals surface area contributed by atoms with Gasteiger partial charge in [0.1, 0.15) is 28.7 Å². The van der Waals surface area contributed by atoms with Gasteiger partial charge in [0.05, 0.1) is 30.2 Å². The summed E-state index contributed by atoms with van der Waals surface area (Å²) in [4.78, 5) is 24.6. The van der Waals surface area contributed by atoms with Crippen LogP contribution in [0.25, 0.3) is 33.4 Å². The molecule has 1 aromatic heterocycles. The number of carbonyl (C=O) groups is 2. The molecule has 0 fully saturated rings. The van der Waals surface area contributed by atoms with E-state index in [-0.39, 0.29) is 40.0 Å². The second-order valence-electron chi connectivity index (χ2n) is 7.95. The van der Waals surface area contributed by atoms with E-state index in [1.165, 1.54) is 45.5 Å². The van der Waals surface area contributed by atoms with Crippen molar-refractivity contribution < 1.29 is 32.3 Å². The molecule has 0 aliphatic heterocycles. The van der Waals surface area contributed by atoms with Crippen molar-refractivity contribution in [1.82, 2.24) is 5.32 Å². The highest BCUT2D eigenvalue weighted by Crippen LogP contribution is 2.42. The number of ether oxygens (including phenoxy) is 2. The fraction of sp³-hybridized carbons (Fsp3) is 0.185. The van der Waals surface area contributed by atoms with Crippen molar-refractivity contribution in [3.05, 3.63) is 76.4 Å². The van der Waals surface area contributed by atoms with Crippen LogP contribution in [0.15, 0.2) is 46.9 Å². The number of hydrogen-bond acceptors (Lipinski definition) is 5. The summed E-state index contributed by atoms with van der Waals surface area (Å²) in [6, 6.07) is 10.2. The van der Waals surface area contributed by atoms with Crippen LogP contribution >= 0.6 is 0 Å². The Bertz CT molecular complexity index is 1440. The number of benzene rings is 3. The molecule has 0 saturated heterocycles. The summed E-state index contributed by atoms with van der Waals surface area (Å²) in [5.74, 6) is -1.24. The van der Waals surface area contributed by atoms with Crippen LogP contribution in [0.4, 0.5) is 8.78 Å². The van der Waals surface area contributed by atoms with Crippen LogP contribution in [0.1, 0.15) is 31.8 Å². The first-order valence-corrected chi connectivity index (χ1v) is 10.7. The van der Waals surface area contributed by atoms with Crippen LogP contribution in [0.2, 0.25) is 0 Å². The molecule has 0 aliphatic carbocycles. The predicted molar refractivity (Wildman–Crippen MR) is 128 cm³/mol. The molecule has 0 saturated carbocycles. The smallest absolute Gasteiger partial charge is 0.255 e. The Kier molecular flexibility index (Phi) is 6.66. The fourth-order valence-electron chi connectivity index (χ4n) is 4.21. The molecule has 180 valence electrons. The first kappa shape index (κ1) is 24.1. The van der Waals surface area contributed by atoms with Gasteiger partial charge in [-0.3, -0.25) is 9.59 Å². The lowest BCUT2D eigenvalue weighted by molar-refractivity contribution is 0.0964. The summed E-state index contributed by atoms with van der Waals surface area (Å²) in [5.41, 5.74) is 2.54. The van der Waals surface area contributed by atoms with Gasteiger partial charge in [-0.05, 0) is 66.1 Å². The van der Waals surface area contributed by atoms with Crippen LogP contribution in [0.3, 0.4) is 0 Å². The Morgan fingerprint density at radius 3 is 2.43 bits per heavy atom. The second kappa shape index (κ2) is 9.68. The molecule has 4 rings (SSSR count). The number of halogens is 2. The van der Waals surface area contributed by atoms with Gasteiger partial charge in [-0.25, -0.2) is 8.78 Å². The van der Waals surface area contributed by atoms with Gasteiger partial charge in [-0.1, -0.05) is 0 Å². The number of aldehydes is 1. The zero-order valence-electron chi connectivity index (χ0n) is 19.6. The Hall–Kier alpha value is -4.04. The van der Waals surface area contributed by atoms with Gasteiger partial charge in [-0.15, -0.1) is 0 Å².